The highest BCUT2D eigenvalue weighted by molar-refractivity contribution is 5.97. The Hall–Kier alpha value is -1.12. The molecule has 1 heterocycles. The molecule has 19 heavy (non-hydrogen) atoms. The van der Waals surface area contributed by atoms with Crippen LogP contribution in [0.1, 0.15) is 80.2 Å². The Balaban J connectivity index is 2.37. The Morgan fingerprint density at radius 3 is 2.58 bits per heavy atom. The van der Waals surface area contributed by atoms with Crippen LogP contribution in [0.25, 0.3) is 0 Å². The number of aromatic nitrogens is 2. The van der Waals surface area contributed by atoms with Crippen molar-refractivity contribution in [1.29, 1.82) is 0 Å². The minimum absolute atomic E-state index is 0.227. The molecule has 1 aromatic heterocycles. The van der Waals surface area contributed by atoms with Crippen LogP contribution in [0.3, 0.4) is 0 Å². The molecule has 3 heteroatoms. The molecule has 0 aliphatic heterocycles. The molecule has 1 aliphatic carbocycles. The summed E-state index contributed by atoms with van der Waals surface area (Å²) >= 11 is 0. The van der Waals surface area contributed by atoms with E-state index in [1.807, 2.05) is 13.8 Å². The molecule has 2 atom stereocenters. The summed E-state index contributed by atoms with van der Waals surface area (Å²) in [6, 6.07) is 0.496. The molecule has 0 N–H and O–H groups in total. The molecular weight excluding hydrogens is 236 g/mol. The third-order valence-electron chi connectivity index (χ3n) is 4.63. The van der Waals surface area contributed by atoms with Crippen LogP contribution >= 0.6 is 0 Å². The molecule has 106 valence electrons. The molecule has 3 nitrogen and oxygen atoms in total. The van der Waals surface area contributed by atoms with Crippen molar-refractivity contribution in [3.63, 3.8) is 0 Å². The highest BCUT2D eigenvalue weighted by atomic mass is 16.1. The van der Waals surface area contributed by atoms with Crippen LogP contribution in [0.15, 0.2) is 0 Å². The number of nitrogens with zero attached hydrogens (tertiary/aromatic N) is 2. The molecule has 1 fully saturated rings. The molecule has 0 radical (unpaired) electrons. The van der Waals surface area contributed by atoms with Gasteiger partial charge in [-0.2, -0.15) is 5.10 Å². The maximum Gasteiger partial charge on any atom is 0.166 e. The molecule has 0 amide bonds. The zero-order chi connectivity index (χ0) is 14.0. The van der Waals surface area contributed by atoms with Gasteiger partial charge in [0.1, 0.15) is 0 Å². The first kappa shape index (κ1) is 14.3. The largest absolute Gasteiger partial charge is 0.294 e. The maximum atomic E-state index is 12.0. The van der Waals surface area contributed by atoms with Crippen molar-refractivity contribution >= 4 is 5.78 Å². The molecular formula is C16H26N2O. The van der Waals surface area contributed by atoms with Crippen LogP contribution in [0, 0.1) is 19.8 Å². The van der Waals surface area contributed by atoms with Crippen molar-refractivity contribution in [2.24, 2.45) is 5.92 Å². The first-order valence-corrected chi connectivity index (χ1v) is 7.69. The number of aryl methyl sites for hydroxylation is 1. The van der Waals surface area contributed by atoms with Crippen molar-refractivity contribution < 1.29 is 4.79 Å². The van der Waals surface area contributed by atoms with E-state index in [0.29, 0.717) is 12.5 Å². The minimum Gasteiger partial charge on any atom is -0.294 e. The predicted molar refractivity (Wildman–Crippen MR) is 77.6 cm³/mol. The predicted octanol–water partition coefficient (Wildman–Crippen LogP) is 4.23. The van der Waals surface area contributed by atoms with Gasteiger partial charge >= 0.3 is 0 Å². The number of Topliss-reactive ketones (excluding diaryl/α,β-unsaturated/α-hetero) is 1. The van der Waals surface area contributed by atoms with E-state index in [1.54, 1.807) is 0 Å². The quantitative estimate of drug-likeness (QED) is 0.761. The Morgan fingerprint density at radius 2 is 1.95 bits per heavy atom. The van der Waals surface area contributed by atoms with Crippen LogP contribution in [-0.2, 0) is 0 Å². The fraction of sp³-hybridized carbons (Fsp3) is 0.750. The lowest BCUT2D eigenvalue weighted by Gasteiger charge is -2.32. The molecule has 2 unspecified atom stereocenters. The molecule has 1 saturated carbocycles. The van der Waals surface area contributed by atoms with Gasteiger partial charge in [-0.3, -0.25) is 9.48 Å². The zero-order valence-electron chi connectivity index (χ0n) is 12.7. The van der Waals surface area contributed by atoms with Gasteiger partial charge in [0.2, 0.25) is 0 Å². The van der Waals surface area contributed by atoms with Crippen LogP contribution < -0.4 is 0 Å². The van der Waals surface area contributed by atoms with Crippen molar-refractivity contribution in [1.82, 2.24) is 9.78 Å². The Labute approximate surface area is 116 Å². The number of hydrogen-bond donors (Lipinski definition) is 0. The fourth-order valence-electron chi connectivity index (χ4n) is 3.55. The lowest BCUT2D eigenvalue weighted by molar-refractivity contribution is 0.0986. The standard InChI is InChI=1S/C16H26N2O/c1-5-13-9-7-8-10-14(13)18-12(4)16(11(3)17-18)15(19)6-2/h13-14H,5-10H2,1-4H3. The van der Waals surface area contributed by atoms with Gasteiger partial charge in [-0.05, 0) is 32.6 Å². The second-order valence-electron chi connectivity index (χ2n) is 5.79. The Bertz CT molecular complexity index is 462. The van der Waals surface area contributed by atoms with Crippen molar-refractivity contribution in [3.05, 3.63) is 17.0 Å². The van der Waals surface area contributed by atoms with E-state index in [4.69, 9.17) is 5.10 Å². The van der Waals surface area contributed by atoms with E-state index < -0.39 is 0 Å². The minimum atomic E-state index is 0.227. The van der Waals surface area contributed by atoms with E-state index in [-0.39, 0.29) is 5.78 Å². The SMILES string of the molecule is CCC(=O)c1c(C)nn(C2CCCCC2CC)c1C. The molecule has 0 bridgehead atoms. The molecule has 0 saturated heterocycles. The van der Waals surface area contributed by atoms with Crippen LogP contribution in [0.2, 0.25) is 0 Å². The molecule has 1 aliphatic rings. The van der Waals surface area contributed by atoms with E-state index in [1.165, 1.54) is 32.1 Å². The van der Waals surface area contributed by atoms with Gasteiger partial charge < -0.3 is 0 Å². The first-order chi connectivity index (χ1) is 9.10. The fourth-order valence-corrected chi connectivity index (χ4v) is 3.55. The van der Waals surface area contributed by atoms with E-state index in [0.717, 1.165) is 22.9 Å². The van der Waals surface area contributed by atoms with Crippen molar-refractivity contribution in [2.45, 2.75) is 72.3 Å². The Kier molecular flexibility index (Phi) is 4.43. The third-order valence-corrected chi connectivity index (χ3v) is 4.63. The average Bonchev–Trinajstić information content (AvgIpc) is 2.73. The summed E-state index contributed by atoms with van der Waals surface area (Å²) in [7, 11) is 0. The summed E-state index contributed by atoms with van der Waals surface area (Å²) in [5, 5.41) is 4.70. The highest BCUT2D eigenvalue weighted by Crippen LogP contribution is 2.37. The second-order valence-corrected chi connectivity index (χ2v) is 5.79. The summed E-state index contributed by atoms with van der Waals surface area (Å²) in [6.07, 6.45) is 6.91. The smallest absolute Gasteiger partial charge is 0.166 e. The third kappa shape index (κ3) is 2.60. The normalized spacial score (nSPS) is 23.6. The Morgan fingerprint density at radius 1 is 1.26 bits per heavy atom. The second kappa shape index (κ2) is 5.89. The number of carbonyl (C=O) groups is 1. The summed E-state index contributed by atoms with van der Waals surface area (Å²) < 4.78 is 2.16. The van der Waals surface area contributed by atoms with Gasteiger partial charge in [0.05, 0.1) is 17.3 Å². The summed E-state index contributed by atoms with van der Waals surface area (Å²) in [5.74, 6) is 0.946. The van der Waals surface area contributed by atoms with Gasteiger partial charge in [-0.15, -0.1) is 0 Å². The summed E-state index contributed by atoms with van der Waals surface area (Å²) in [5.41, 5.74) is 2.85. The lowest BCUT2D eigenvalue weighted by atomic mass is 9.83. The maximum absolute atomic E-state index is 12.0. The molecule has 1 aromatic rings. The highest BCUT2D eigenvalue weighted by Gasteiger charge is 2.29. The average molecular weight is 262 g/mol. The zero-order valence-corrected chi connectivity index (χ0v) is 12.7. The van der Waals surface area contributed by atoms with Crippen LogP contribution in [0.4, 0.5) is 0 Å². The van der Waals surface area contributed by atoms with E-state index in [2.05, 4.69) is 18.5 Å². The topological polar surface area (TPSA) is 34.9 Å². The number of hydrogen-bond acceptors (Lipinski definition) is 2. The van der Waals surface area contributed by atoms with Crippen molar-refractivity contribution in [3.8, 4) is 0 Å². The van der Waals surface area contributed by atoms with E-state index in [9.17, 15) is 4.79 Å². The van der Waals surface area contributed by atoms with Gasteiger partial charge in [0.25, 0.3) is 0 Å². The van der Waals surface area contributed by atoms with Crippen LogP contribution in [0.5, 0.6) is 0 Å². The van der Waals surface area contributed by atoms with E-state index >= 15 is 0 Å². The monoisotopic (exact) mass is 262 g/mol. The summed E-state index contributed by atoms with van der Waals surface area (Å²) in [4.78, 5) is 12.0. The molecule has 0 spiro atoms. The summed E-state index contributed by atoms with van der Waals surface area (Å²) in [6.45, 7) is 8.22. The number of rotatable bonds is 4. The number of carbonyl (C=O) groups excluding carboxylic acids is 1. The van der Waals surface area contributed by atoms with Gasteiger partial charge in [-0.1, -0.05) is 33.1 Å². The molecule has 2 rings (SSSR count). The van der Waals surface area contributed by atoms with Crippen molar-refractivity contribution in [2.75, 3.05) is 0 Å². The van der Waals surface area contributed by atoms with Gasteiger partial charge in [0.15, 0.2) is 5.78 Å². The lowest BCUT2D eigenvalue weighted by Crippen LogP contribution is -2.24. The molecule has 0 aromatic carbocycles. The van der Waals surface area contributed by atoms with Gasteiger partial charge in [-0.25, -0.2) is 0 Å². The van der Waals surface area contributed by atoms with Gasteiger partial charge in [0, 0.05) is 12.1 Å². The van der Waals surface area contributed by atoms with Crippen LogP contribution in [-0.4, -0.2) is 15.6 Å². The number of ketones is 1. The first-order valence-electron chi connectivity index (χ1n) is 7.69.